The minimum absolute atomic E-state index is 0.0350. The molecule has 108 valence electrons. The van der Waals surface area contributed by atoms with Crippen molar-refractivity contribution in [3.63, 3.8) is 0 Å². The van der Waals surface area contributed by atoms with Crippen molar-refractivity contribution >= 4 is 15.7 Å². The average Bonchev–Trinajstić information content (AvgIpc) is 2.49. The summed E-state index contributed by atoms with van der Waals surface area (Å²) in [6.45, 7) is 2.25. The maximum atomic E-state index is 12.4. The number of rotatable bonds is 5. The van der Waals surface area contributed by atoms with Crippen LogP contribution in [0.3, 0.4) is 0 Å². The fourth-order valence-corrected chi connectivity index (χ4v) is 2.88. The van der Waals surface area contributed by atoms with E-state index in [0.29, 0.717) is 18.0 Å². The van der Waals surface area contributed by atoms with Gasteiger partial charge in [-0.25, -0.2) is 8.42 Å². The summed E-state index contributed by atoms with van der Waals surface area (Å²) < 4.78 is 32.6. The predicted octanol–water partition coefficient (Wildman–Crippen LogP) is 2.76. The minimum Gasteiger partial charge on any atom is -0.492 e. The molecule has 0 bridgehead atoms. The van der Waals surface area contributed by atoms with E-state index in [1.165, 1.54) is 18.2 Å². The highest BCUT2D eigenvalue weighted by Gasteiger charge is 2.16. The van der Waals surface area contributed by atoms with E-state index in [1.807, 2.05) is 13.0 Å². The van der Waals surface area contributed by atoms with E-state index in [4.69, 9.17) is 10.00 Å². The lowest BCUT2D eigenvalue weighted by molar-refractivity contribution is 0.342. The van der Waals surface area contributed by atoms with Gasteiger partial charge in [0.15, 0.2) is 0 Å². The van der Waals surface area contributed by atoms with Gasteiger partial charge in [-0.05, 0) is 37.3 Å². The van der Waals surface area contributed by atoms with Crippen LogP contribution in [-0.2, 0) is 10.0 Å². The van der Waals surface area contributed by atoms with Crippen molar-refractivity contribution in [3.05, 3.63) is 54.1 Å². The van der Waals surface area contributed by atoms with Gasteiger partial charge in [0.25, 0.3) is 10.0 Å². The minimum atomic E-state index is -3.77. The zero-order valence-corrected chi connectivity index (χ0v) is 12.2. The van der Waals surface area contributed by atoms with Crippen molar-refractivity contribution < 1.29 is 13.2 Å². The quantitative estimate of drug-likeness (QED) is 0.921. The van der Waals surface area contributed by atoms with Gasteiger partial charge in [0.05, 0.1) is 28.8 Å². The van der Waals surface area contributed by atoms with Crippen LogP contribution in [0.5, 0.6) is 5.75 Å². The number of benzene rings is 2. The Balaban J connectivity index is 2.36. The fraction of sp³-hybridized carbons (Fsp3) is 0.133. The Labute approximate surface area is 123 Å². The third-order valence-electron chi connectivity index (χ3n) is 2.70. The third-order valence-corrected chi connectivity index (χ3v) is 4.07. The van der Waals surface area contributed by atoms with E-state index < -0.39 is 10.0 Å². The molecule has 2 aromatic carbocycles. The van der Waals surface area contributed by atoms with Crippen LogP contribution in [0.4, 0.5) is 5.69 Å². The first-order chi connectivity index (χ1) is 10.1. The van der Waals surface area contributed by atoms with Crippen LogP contribution in [0, 0.1) is 11.3 Å². The molecule has 0 amide bonds. The van der Waals surface area contributed by atoms with E-state index in [9.17, 15) is 8.42 Å². The number of ether oxygens (including phenoxy) is 1. The monoisotopic (exact) mass is 302 g/mol. The van der Waals surface area contributed by atoms with Gasteiger partial charge >= 0.3 is 0 Å². The molecule has 0 radical (unpaired) electrons. The number of para-hydroxylation sites is 2. The van der Waals surface area contributed by atoms with Gasteiger partial charge in [-0.2, -0.15) is 5.26 Å². The van der Waals surface area contributed by atoms with Crippen molar-refractivity contribution in [1.29, 1.82) is 5.26 Å². The molecule has 21 heavy (non-hydrogen) atoms. The lowest BCUT2D eigenvalue weighted by atomic mass is 10.2. The zero-order valence-electron chi connectivity index (χ0n) is 11.4. The van der Waals surface area contributed by atoms with Crippen molar-refractivity contribution in [3.8, 4) is 11.8 Å². The summed E-state index contributed by atoms with van der Waals surface area (Å²) in [7, 11) is -3.77. The van der Waals surface area contributed by atoms with Crippen molar-refractivity contribution in [2.75, 3.05) is 11.3 Å². The summed E-state index contributed by atoms with van der Waals surface area (Å²) >= 11 is 0. The number of nitriles is 1. The zero-order chi connectivity index (χ0) is 15.3. The van der Waals surface area contributed by atoms with E-state index in [1.54, 1.807) is 30.3 Å². The Kier molecular flexibility index (Phi) is 4.45. The third kappa shape index (κ3) is 3.52. The van der Waals surface area contributed by atoms with E-state index >= 15 is 0 Å². The van der Waals surface area contributed by atoms with Crippen LogP contribution < -0.4 is 9.46 Å². The molecule has 0 aliphatic rings. The summed E-state index contributed by atoms with van der Waals surface area (Å²) in [6.07, 6.45) is 0. The highest BCUT2D eigenvalue weighted by Crippen LogP contribution is 2.26. The molecule has 0 unspecified atom stereocenters. The molecule has 0 heterocycles. The molecule has 2 aromatic rings. The largest absolute Gasteiger partial charge is 0.492 e. The normalized spacial score (nSPS) is 10.7. The highest BCUT2D eigenvalue weighted by molar-refractivity contribution is 7.92. The molecule has 6 heteroatoms. The summed E-state index contributed by atoms with van der Waals surface area (Å²) in [4.78, 5) is 0.0350. The average molecular weight is 302 g/mol. The van der Waals surface area contributed by atoms with Crippen LogP contribution in [0.25, 0.3) is 0 Å². The summed E-state index contributed by atoms with van der Waals surface area (Å²) in [5.74, 6) is 0.458. The van der Waals surface area contributed by atoms with E-state index in [-0.39, 0.29) is 10.5 Å². The number of nitrogens with one attached hydrogen (secondary N) is 1. The first kappa shape index (κ1) is 14.9. The molecule has 0 aromatic heterocycles. The molecular weight excluding hydrogens is 288 g/mol. The smallest absolute Gasteiger partial charge is 0.262 e. The second-order valence-corrected chi connectivity index (χ2v) is 5.86. The lowest BCUT2D eigenvalue weighted by Crippen LogP contribution is -2.14. The van der Waals surface area contributed by atoms with Gasteiger partial charge in [-0.15, -0.1) is 0 Å². The van der Waals surface area contributed by atoms with Gasteiger partial charge in [0.2, 0.25) is 0 Å². The molecule has 0 fully saturated rings. The Morgan fingerprint density at radius 1 is 1.19 bits per heavy atom. The molecule has 0 spiro atoms. The summed E-state index contributed by atoms with van der Waals surface area (Å²) in [6, 6.07) is 14.5. The fourth-order valence-electron chi connectivity index (χ4n) is 1.77. The molecule has 0 aliphatic heterocycles. The van der Waals surface area contributed by atoms with E-state index in [0.717, 1.165) is 0 Å². The highest BCUT2D eigenvalue weighted by atomic mass is 32.2. The lowest BCUT2D eigenvalue weighted by Gasteiger charge is -2.12. The molecule has 2 rings (SSSR count). The molecule has 0 saturated heterocycles. The summed E-state index contributed by atoms with van der Waals surface area (Å²) in [5.41, 5.74) is 0.651. The van der Waals surface area contributed by atoms with Gasteiger partial charge < -0.3 is 4.74 Å². The number of sulfonamides is 1. The Morgan fingerprint density at radius 3 is 2.67 bits per heavy atom. The molecule has 5 nitrogen and oxygen atoms in total. The maximum Gasteiger partial charge on any atom is 0.262 e. The first-order valence-electron chi connectivity index (χ1n) is 6.31. The predicted molar refractivity (Wildman–Crippen MR) is 79.6 cm³/mol. The maximum absolute atomic E-state index is 12.4. The first-order valence-corrected chi connectivity index (χ1v) is 7.80. The van der Waals surface area contributed by atoms with Gasteiger partial charge in [-0.3, -0.25) is 4.72 Å². The Hall–Kier alpha value is -2.52. The van der Waals surface area contributed by atoms with Gasteiger partial charge in [0.1, 0.15) is 5.75 Å². The number of hydrogen-bond acceptors (Lipinski definition) is 4. The number of anilines is 1. The topological polar surface area (TPSA) is 79.2 Å². The van der Waals surface area contributed by atoms with Crippen LogP contribution in [0.1, 0.15) is 12.5 Å². The SMILES string of the molecule is CCOc1ccccc1NS(=O)(=O)c1cccc(C#N)c1. The van der Waals surface area contributed by atoms with Gasteiger partial charge in [-0.1, -0.05) is 18.2 Å². The summed E-state index contributed by atoms with van der Waals surface area (Å²) in [5, 5.41) is 8.85. The van der Waals surface area contributed by atoms with Crippen LogP contribution >= 0.6 is 0 Å². The van der Waals surface area contributed by atoms with Crippen LogP contribution in [-0.4, -0.2) is 15.0 Å². The standard InChI is InChI=1S/C15H14N2O3S/c1-2-20-15-9-4-3-8-14(15)17-21(18,19)13-7-5-6-12(10-13)11-16/h3-10,17H,2H2,1H3. The molecule has 0 aliphatic carbocycles. The van der Waals surface area contributed by atoms with Crippen molar-refractivity contribution in [1.82, 2.24) is 0 Å². The molecule has 1 N–H and O–H groups in total. The number of nitrogens with zero attached hydrogens (tertiary/aromatic N) is 1. The van der Waals surface area contributed by atoms with Gasteiger partial charge in [0, 0.05) is 0 Å². The van der Waals surface area contributed by atoms with Crippen molar-refractivity contribution in [2.24, 2.45) is 0 Å². The van der Waals surface area contributed by atoms with Crippen LogP contribution in [0.2, 0.25) is 0 Å². The second-order valence-electron chi connectivity index (χ2n) is 4.17. The molecule has 0 saturated carbocycles. The molecule has 0 atom stereocenters. The van der Waals surface area contributed by atoms with Crippen molar-refractivity contribution in [2.45, 2.75) is 11.8 Å². The Morgan fingerprint density at radius 2 is 1.95 bits per heavy atom. The van der Waals surface area contributed by atoms with E-state index in [2.05, 4.69) is 4.72 Å². The number of hydrogen-bond donors (Lipinski definition) is 1. The second kappa shape index (κ2) is 6.29. The van der Waals surface area contributed by atoms with Crippen LogP contribution in [0.15, 0.2) is 53.4 Å². The Bertz CT molecular complexity index is 780. The molecular formula is C15H14N2O3S.